The molecule has 9 nitrogen and oxygen atoms in total. The Morgan fingerprint density at radius 2 is 1.86 bits per heavy atom. The van der Waals surface area contributed by atoms with E-state index in [9.17, 15) is 15.3 Å². The second-order valence-electron chi connectivity index (χ2n) is 11.2. The number of nitrogens with one attached hydrogen (secondary N) is 2. The van der Waals surface area contributed by atoms with Crippen LogP contribution >= 0.6 is 11.3 Å². The number of fused-ring (bicyclic) bond motifs is 1. The highest BCUT2D eigenvalue weighted by Crippen LogP contribution is 2.45. The smallest absolute Gasteiger partial charge is 0.224 e. The fourth-order valence-corrected chi connectivity index (χ4v) is 6.33. The molecule has 36 heavy (non-hydrogen) atoms. The van der Waals surface area contributed by atoms with Crippen molar-refractivity contribution in [2.45, 2.75) is 82.6 Å². The molecular formula is C26H34N6O3S. The summed E-state index contributed by atoms with van der Waals surface area (Å²) in [5.74, 6) is 1.81. The molecule has 0 aliphatic heterocycles. The van der Waals surface area contributed by atoms with Crippen molar-refractivity contribution in [2.24, 2.45) is 11.8 Å². The average Bonchev–Trinajstić information content (AvgIpc) is 3.75. The van der Waals surface area contributed by atoms with Crippen LogP contribution in [0.2, 0.25) is 0 Å². The largest absolute Gasteiger partial charge is 0.390 e. The number of rotatable bonds is 8. The van der Waals surface area contributed by atoms with Crippen molar-refractivity contribution in [1.29, 1.82) is 0 Å². The standard InChI is InChI=1S/C26H34N6O3S/c1-12-18(24-31-20-17(36-24)8-9-27-19(20)14-6-7-14)23(32-25(29-12)28-11-13-4-5-13)30-16-10-15(26(2,3)35)21(33)22(16)34/h8-9,13-16,21-22,33-35H,4-7,10-11H2,1-3H3,(H2,28,29,30,32)/t15-,16+,21+,22-/m0/s1. The Bertz CT molecular complexity index is 1280. The van der Waals surface area contributed by atoms with Crippen LogP contribution in [-0.4, -0.2) is 65.7 Å². The molecule has 4 atom stereocenters. The van der Waals surface area contributed by atoms with Gasteiger partial charge in [-0.2, -0.15) is 4.98 Å². The summed E-state index contributed by atoms with van der Waals surface area (Å²) in [6.45, 7) is 6.13. The van der Waals surface area contributed by atoms with E-state index in [1.165, 1.54) is 12.8 Å². The van der Waals surface area contributed by atoms with Crippen molar-refractivity contribution in [3.8, 4) is 10.6 Å². The zero-order chi connectivity index (χ0) is 25.2. The Labute approximate surface area is 214 Å². The maximum atomic E-state index is 10.9. The molecular weight excluding hydrogens is 476 g/mol. The zero-order valence-electron chi connectivity index (χ0n) is 20.9. The first-order valence-corrected chi connectivity index (χ1v) is 13.7. The summed E-state index contributed by atoms with van der Waals surface area (Å²) >= 11 is 1.59. The van der Waals surface area contributed by atoms with E-state index >= 15 is 0 Å². The lowest BCUT2D eigenvalue weighted by Crippen LogP contribution is -2.40. The molecule has 3 fully saturated rings. The summed E-state index contributed by atoms with van der Waals surface area (Å²) in [6, 6.07) is 1.53. The average molecular weight is 511 g/mol. The minimum Gasteiger partial charge on any atom is -0.390 e. The maximum Gasteiger partial charge on any atom is 0.224 e. The SMILES string of the molecule is Cc1nc(NCC2CC2)nc(N[C@@H]2C[C@H](C(C)(C)O)[C@@H](O)[C@H]2O)c1-c1nc2c(C3CC3)nccc2s1. The minimum absolute atomic E-state index is 0.411. The highest BCUT2D eigenvalue weighted by molar-refractivity contribution is 7.21. The van der Waals surface area contributed by atoms with Gasteiger partial charge < -0.3 is 26.0 Å². The third-order valence-corrected chi connectivity index (χ3v) is 8.80. The zero-order valence-corrected chi connectivity index (χ0v) is 21.7. The quantitative estimate of drug-likeness (QED) is 0.309. The van der Waals surface area contributed by atoms with Gasteiger partial charge in [-0.15, -0.1) is 11.3 Å². The number of hydrogen-bond acceptors (Lipinski definition) is 10. The molecule has 6 rings (SSSR count). The van der Waals surface area contributed by atoms with E-state index in [1.54, 1.807) is 25.2 Å². The second kappa shape index (κ2) is 8.86. The van der Waals surface area contributed by atoms with E-state index in [1.807, 2.05) is 19.2 Å². The van der Waals surface area contributed by atoms with Gasteiger partial charge in [-0.1, -0.05) is 0 Å². The minimum atomic E-state index is -1.11. The van der Waals surface area contributed by atoms with Gasteiger partial charge in [0.15, 0.2) is 0 Å². The first kappa shape index (κ1) is 24.0. The third-order valence-electron chi connectivity index (χ3n) is 7.76. The van der Waals surface area contributed by atoms with Crippen LogP contribution in [-0.2, 0) is 0 Å². The fourth-order valence-electron chi connectivity index (χ4n) is 5.26. The van der Waals surface area contributed by atoms with Crippen LogP contribution in [0.5, 0.6) is 0 Å². The van der Waals surface area contributed by atoms with Crippen LogP contribution in [0.4, 0.5) is 11.8 Å². The predicted octanol–water partition coefficient (Wildman–Crippen LogP) is 3.45. The molecule has 3 aromatic heterocycles. The van der Waals surface area contributed by atoms with E-state index in [-0.39, 0.29) is 0 Å². The van der Waals surface area contributed by atoms with Gasteiger partial charge in [0, 0.05) is 24.6 Å². The van der Waals surface area contributed by atoms with Crippen molar-refractivity contribution in [3.05, 3.63) is 23.7 Å². The van der Waals surface area contributed by atoms with E-state index in [0.717, 1.165) is 51.6 Å². The predicted molar refractivity (Wildman–Crippen MR) is 140 cm³/mol. The molecule has 3 aliphatic carbocycles. The molecule has 0 spiro atoms. The van der Waals surface area contributed by atoms with Crippen LogP contribution in [0, 0.1) is 18.8 Å². The van der Waals surface area contributed by atoms with Gasteiger partial charge in [0.05, 0.1) is 39.4 Å². The van der Waals surface area contributed by atoms with Gasteiger partial charge >= 0.3 is 0 Å². The molecule has 0 radical (unpaired) electrons. The van der Waals surface area contributed by atoms with Gasteiger partial charge in [-0.3, -0.25) is 4.98 Å². The van der Waals surface area contributed by atoms with Crippen LogP contribution in [0.15, 0.2) is 12.3 Å². The molecule has 0 unspecified atom stereocenters. The molecule has 3 aromatic rings. The monoisotopic (exact) mass is 510 g/mol. The van der Waals surface area contributed by atoms with Crippen LogP contribution < -0.4 is 10.6 Å². The molecule has 0 bridgehead atoms. The lowest BCUT2D eigenvalue weighted by Gasteiger charge is -2.28. The summed E-state index contributed by atoms with van der Waals surface area (Å²) < 4.78 is 1.08. The van der Waals surface area contributed by atoms with Crippen molar-refractivity contribution in [3.63, 3.8) is 0 Å². The molecule has 3 heterocycles. The van der Waals surface area contributed by atoms with E-state index < -0.39 is 29.8 Å². The number of aliphatic hydroxyl groups excluding tert-OH is 2. The number of aryl methyl sites for hydroxylation is 1. The lowest BCUT2D eigenvalue weighted by molar-refractivity contribution is -0.0601. The Morgan fingerprint density at radius 3 is 2.53 bits per heavy atom. The number of hydrogen-bond donors (Lipinski definition) is 5. The van der Waals surface area contributed by atoms with Gasteiger partial charge in [0.25, 0.3) is 0 Å². The Balaban J connectivity index is 1.39. The van der Waals surface area contributed by atoms with Crippen molar-refractivity contribution >= 4 is 33.3 Å². The fraction of sp³-hybridized carbons (Fsp3) is 0.615. The van der Waals surface area contributed by atoms with Gasteiger partial charge in [0.1, 0.15) is 22.4 Å². The molecule has 10 heteroatoms. The summed E-state index contributed by atoms with van der Waals surface area (Å²) in [5.41, 5.74) is 2.48. The number of aliphatic hydroxyl groups is 3. The molecule has 3 saturated carbocycles. The summed E-state index contributed by atoms with van der Waals surface area (Å²) in [7, 11) is 0. The van der Waals surface area contributed by atoms with Crippen LogP contribution in [0.25, 0.3) is 20.8 Å². The number of thiazole rings is 1. The highest BCUT2D eigenvalue weighted by atomic mass is 32.1. The number of pyridine rings is 1. The van der Waals surface area contributed by atoms with Crippen LogP contribution in [0.3, 0.4) is 0 Å². The molecule has 0 saturated heterocycles. The van der Waals surface area contributed by atoms with Gasteiger partial charge in [-0.25, -0.2) is 9.97 Å². The van der Waals surface area contributed by atoms with Crippen molar-refractivity contribution in [2.75, 3.05) is 17.2 Å². The van der Waals surface area contributed by atoms with Gasteiger partial charge in [-0.05, 0) is 64.9 Å². The molecule has 3 aliphatic rings. The Hall–Kier alpha value is -2.40. The normalized spacial score (nSPS) is 26.5. The maximum absolute atomic E-state index is 10.9. The summed E-state index contributed by atoms with van der Waals surface area (Å²) in [4.78, 5) is 19.2. The topological polar surface area (TPSA) is 136 Å². The summed E-state index contributed by atoms with van der Waals surface area (Å²) in [5, 5.41) is 39.6. The van der Waals surface area contributed by atoms with E-state index in [4.69, 9.17) is 15.0 Å². The number of anilines is 2. The van der Waals surface area contributed by atoms with Crippen molar-refractivity contribution < 1.29 is 15.3 Å². The number of nitrogens with zero attached hydrogens (tertiary/aromatic N) is 4. The molecule has 0 aromatic carbocycles. The van der Waals surface area contributed by atoms with Crippen molar-refractivity contribution in [1.82, 2.24) is 19.9 Å². The van der Waals surface area contributed by atoms with Crippen LogP contribution in [0.1, 0.15) is 63.3 Å². The molecule has 0 amide bonds. The highest BCUT2D eigenvalue weighted by Gasteiger charge is 2.48. The first-order chi connectivity index (χ1) is 17.2. The molecule has 5 N–H and O–H groups in total. The van der Waals surface area contributed by atoms with E-state index in [0.29, 0.717) is 30.0 Å². The Morgan fingerprint density at radius 1 is 1.08 bits per heavy atom. The van der Waals surface area contributed by atoms with E-state index in [2.05, 4.69) is 15.6 Å². The first-order valence-electron chi connectivity index (χ1n) is 12.9. The second-order valence-corrected chi connectivity index (χ2v) is 12.3. The third kappa shape index (κ3) is 4.55. The summed E-state index contributed by atoms with van der Waals surface area (Å²) in [6.07, 6.45) is 4.96. The van der Waals surface area contributed by atoms with Gasteiger partial charge in [0.2, 0.25) is 5.95 Å². The number of aromatic nitrogens is 4. The molecule has 192 valence electrons. The lowest BCUT2D eigenvalue weighted by atomic mass is 9.88. The Kier molecular flexibility index (Phi) is 5.90.